The highest BCUT2D eigenvalue weighted by molar-refractivity contribution is 5.78. The fourth-order valence-electron chi connectivity index (χ4n) is 4.91. The molecule has 2 heterocycles. The molecule has 0 unspecified atom stereocenters. The first kappa shape index (κ1) is 27.2. The highest BCUT2D eigenvalue weighted by atomic mass is 16.5. The van der Waals surface area contributed by atoms with Gasteiger partial charge < -0.3 is 28.8 Å². The second kappa shape index (κ2) is 13.1. The Morgan fingerprint density at radius 3 is 2.54 bits per heavy atom. The van der Waals surface area contributed by atoms with Gasteiger partial charge in [0.15, 0.2) is 0 Å². The Morgan fingerprint density at radius 2 is 1.70 bits per heavy atom. The van der Waals surface area contributed by atoms with Crippen molar-refractivity contribution < 1.29 is 19.3 Å². The van der Waals surface area contributed by atoms with E-state index in [0.717, 1.165) is 86.2 Å². The number of phenolic OH excluding ortho intramolecular Hbond substituents is 1. The summed E-state index contributed by atoms with van der Waals surface area (Å²) in [6, 6.07) is 10.3. The number of rotatable bonds is 12. The molecule has 1 aromatic heterocycles. The zero-order chi connectivity index (χ0) is 26.2. The summed E-state index contributed by atoms with van der Waals surface area (Å²) < 4.78 is 19.8. The van der Waals surface area contributed by atoms with Crippen molar-refractivity contribution in [1.82, 2.24) is 14.5 Å². The number of hydrogen-bond acceptors (Lipinski definition) is 7. The van der Waals surface area contributed by atoms with E-state index >= 15 is 0 Å². The number of phenols is 1. The van der Waals surface area contributed by atoms with E-state index in [9.17, 15) is 5.11 Å². The Balaban J connectivity index is 1.24. The van der Waals surface area contributed by atoms with E-state index in [-0.39, 0.29) is 0 Å². The molecule has 1 aliphatic rings. The molecule has 0 bridgehead atoms. The van der Waals surface area contributed by atoms with Gasteiger partial charge in [0, 0.05) is 39.3 Å². The second-order valence-electron chi connectivity index (χ2n) is 9.68. The number of imidazole rings is 1. The molecule has 1 saturated heterocycles. The molecule has 0 radical (unpaired) electrons. The predicted molar refractivity (Wildman–Crippen MR) is 148 cm³/mol. The van der Waals surface area contributed by atoms with Crippen molar-refractivity contribution in [3.05, 3.63) is 47.0 Å². The minimum Gasteiger partial charge on any atom is -0.507 e. The van der Waals surface area contributed by atoms with Crippen LogP contribution in [0.15, 0.2) is 30.3 Å². The van der Waals surface area contributed by atoms with Crippen molar-refractivity contribution in [2.24, 2.45) is 0 Å². The number of fused-ring (bicyclic) bond motifs is 1. The van der Waals surface area contributed by atoms with Gasteiger partial charge >= 0.3 is 0 Å². The molecule has 37 heavy (non-hydrogen) atoms. The van der Waals surface area contributed by atoms with E-state index in [0.29, 0.717) is 32.2 Å². The molecule has 1 N–H and O–H groups in total. The SMILES string of the molecule is CCOCCn1c(N2CCCN(CCOCCOc3cc(C)c(O)c(C)c3C)CC2)nc2ccccc21. The molecular weight excluding hydrogens is 468 g/mol. The van der Waals surface area contributed by atoms with Crippen LogP contribution in [0.3, 0.4) is 0 Å². The first-order valence-corrected chi connectivity index (χ1v) is 13.5. The van der Waals surface area contributed by atoms with Crippen molar-refractivity contribution in [1.29, 1.82) is 0 Å². The summed E-state index contributed by atoms with van der Waals surface area (Å²) in [6.45, 7) is 16.7. The first-order valence-electron chi connectivity index (χ1n) is 13.5. The lowest BCUT2D eigenvalue weighted by molar-refractivity contribution is 0.0809. The van der Waals surface area contributed by atoms with Gasteiger partial charge in [-0.05, 0) is 75.5 Å². The zero-order valence-corrected chi connectivity index (χ0v) is 22.8. The highest BCUT2D eigenvalue weighted by Gasteiger charge is 2.20. The lowest BCUT2D eigenvalue weighted by Gasteiger charge is -2.24. The van der Waals surface area contributed by atoms with Gasteiger partial charge in [-0.25, -0.2) is 4.98 Å². The summed E-state index contributed by atoms with van der Waals surface area (Å²) in [5, 5.41) is 10.1. The zero-order valence-electron chi connectivity index (χ0n) is 22.8. The summed E-state index contributed by atoms with van der Waals surface area (Å²) in [7, 11) is 0. The molecule has 2 aromatic carbocycles. The summed E-state index contributed by atoms with van der Waals surface area (Å²) >= 11 is 0. The average Bonchev–Trinajstić information content (AvgIpc) is 3.10. The van der Waals surface area contributed by atoms with E-state index in [1.54, 1.807) is 0 Å². The molecule has 0 atom stereocenters. The fourth-order valence-corrected chi connectivity index (χ4v) is 4.91. The largest absolute Gasteiger partial charge is 0.507 e. The summed E-state index contributed by atoms with van der Waals surface area (Å²) in [5.74, 6) is 2.21. The topological polar surface area (TPSA) is 72.2 Å². The summed E-state index contributed by atoms with van der Waals surface area (Å²) in [4.78, 5) is 9.89. The van der Waals surface area contributed by atoms with Crippen LogP contribution in [0.5, 0.6) is 11.5 Å². The highest BCUT2D eigenvalue weighted by Crippen LogP contribution is 2.32. The second-order valence-corrected chi connectivity index (χ2v) is 9.68. The van der Waals surface area contributed by atoms with Crippen LogP contribution in [0.4, 0.5) is 5.95 Å². The molecule has 8 heteroatoms. The fraction of sp³-hybridized carbons (Fsp3) is 0.552. The van der Waals surface area contributed by atoms with Crippen LogP contribution in [-0.4, -0.2) is 85.3 Å². The number of aryl methyl sites for hydroxylation is 1. The lowest BCUT2D eigenvalue weighted by Crippen LogP contribution is -2.34. The Bertz CT molecular complexity index is 1160. The van der Waals surface area contributed by atoms with Gasteiger partial charge in [0.25, 0.3) is 0 Å². The molecule has 1 aliphatic heterocycles. The van der Waals surface area contributed by atoms with Gasteiger partial charge in [0.2, 0.25) is 5.95 Å². The van der Waals surface area contributed by atoms with E-state index in [2.05, 4.69) is 38.6 Å². The minimum atomic E-state index is 0.347. The van der Waals surface area contributed by atoms with Crippen molar-refractivity contribution in [2.75, 3.05) is 70.7 Å². The molecule has 202 valence electrons. The number of ether oxygens (including phenoxy) is 3. The first-order chi connectivity index (χ1) is 18.0. The number of aromatic hydroxyl groups is 1. The van der Waals surface area contributed by atoms with Gasteiger partial charge in [-0.15, -0.1) is 0 Å². The third-order valence-electron chi connectivity index (χ3n) is 7.21. The van der Waals surface area contributed by atoms with Gasteiger partial charge in [-0.3, -0.25) is 4.90 Å². The third-order valence-corrected chi connectivity index (χ3v) is 7.21. The minimum absolute atomic E-state index is 0.347. The van der Waals surface area contributed by atoms with E-state index in [4.69, 9.17) is 19.2 Å². The lowest BCUT2D eigenvalue weighted by atomic mass is 10.0. The maximum absolute atomic E-state index is 10.1. The van der Waals surface area contributed by atoms with Gasteiger partial charge in [0.1, 0.15) is 18.1 Å². The Kier molecular flexibility index (Phi) is 9.66. The van der Waals surface area contributed by atoms with Crippen LogP contribution in [0.2, 0.25) is 0 Å². The van der Waals surface area contributed by atoms with Crippen LogP contribution < -0.4 is 9.64 Å². The summed E-state index contributed by atoms with van der Waals surface area (Å²) in [5.41, 5.74) is 4.89. The van der Waals surface area contributed by atoms with Gasteiger partial charge in [0.05, 0.1) is 30.9 Å². The molecule has 4 rings (SSSR count). The van der Waals surface area contributed by atoms with Crippen molar-refractivity contribution in [3.63, 3.8) is 0 Å². The number of nitrogens with zero attached hydrogens (tertiary/aromatic N) is 4. The smallest absolute Gasteiger partial charge is 0.206 e. The Labute approximate surface area is 220 Å². The summed E-state index contributed by atoms with van der Waals surface area (Å²) in [6.07, 6.45) is 1.09. The maximum atomic E-state index is 10.1. The third kappa shape index (κ3) is 6.74. The van der Waals surface area contributed by atoms with E-state index in [1.807, 2.05) is 33.8 Å². The van der Waals surface area contributed by atoms with Crippen LogP contribution in [0, 0.1) is 20.8 Å². The van der Waals surface area contributed by atoms with E-state index < -0.39 is 0 Å². The molecular formula is C29H42N4O4. The van der Waals surface area contributed by atoms with Crippen LogP contribution in [0.1, 0.15) is 30.0 Å². The van der Waals surface area contributed by atoms with Gasteiger partial charge in [-0.2, -0.15) is 0 Å². The van der Waals surface area contributed by atoms with Crippen LogP contribution in [-0.2, 0) is 16.0 Å². The van der Waals surface area contributed by atoms with Crippen molar-refractivity contribution in [3.8, 4) is 11.5 Å². The standard InChI is InChI=1S/C29H42N4O4/c1-5-35-18-16-33-26-10-7-6-9-25(26)30-29(33)32-12-8-11-31(13-14-32)15-17-36-19-20-37-27-21-22(2)28(34)24(4)23(27)3/h6-7,9-10,21,34H,5,8,11-20H2,1-4H3. The van der Waals surface area contributed by atoms with Crippen molar-refractivity contribution >= 4 is 17.0 Å². The molecule has 0 saturated carbocycles. The maximum Gasteiger partial charge on any atom is 0.206 e. The Hall–Kier alpha value is -2.81. The van der Waals surface area contributed by atoms with Crippen LogP contribution in [0.25, 0.3) is 11.0 Å². The molecule has 0 amide bonds. The number of aromatic nitrogens is 2. The average molecular weight is 511 g/mol. The molecule has 3 aromatic rings. The quantitative estimate of drug-likeness (QED) is 0.364. The molecule has 0 aliphatic carbocycles. The Morgan fingerprint density at radius 1 is 0.892 bits per heavy atom. The number of para-hydroxylation sites is 2. The number of benzene rings is 2. The molecule has 8 nitrogen and oxygen atoms in total. The van der Waals surface area contributed by atoms with Gasteiger partial charge in [-0.1, -0.05) is 12.1 Å². The van der Waals surface area contributed by atoms with E-state index in [1.165, 1.54) is 5.52 Å². The number of hydrogen-bond donors (Lipinski definition) is 1. The van der Waals surface area contributed by atoms with Crippen LogP contribution >= 0.6 is 0 Å². The normalized spacial score (nSPS) is 14.9. The molecule has 0 spiro atoms. The van der Waals surface area contributed by atoms with Crippen molar-refractivity contribution in [2.45, 2.75) is 40.7 Å². The molecule has 1 fully saturated rings. The number of anilines is 1. The predicted octanol–water partition coefficient (Wildman–Crippen LogP) is 4.31. The monoisotopic (exact) mass is 510 g/mol.